The minimum atomic E-state index is -0.845. The molecule has 8 nitrogen and oxygen atoms in total. The molecule has 2 saturated heterocycles. The number of benzene rings is 2. The molecule has 0 aliphatic carbocycles. The zero-order valence-corrected chi connectivity index (χ0v) is 20.0. The lowest BCUT2D eigenvalue weighted by Crippen LogP contribution is -2.44. The number of carbonyl (C=O) groups is 2. The molecule has 0 saturated carbocycles. The van der Waals surface area contributed by atoms with Crippen molar-refractivity contribution < 1.29 is 14.7 Å². The average Bonchev–Trinajstić information content (AvgIpc) is 3.60. The number of hydrogen-bond donors (Lipinski definition) is 1. The van der Waals surface area contributed by atoms with Crippen LogP contribution < -0.4 is 0 Å². The summed E-state index contributed by atoms with van der Waals surface area (Å²) >= 11 is 0. The molecule has 2 aliphatic heterocycles. The van der Waals surface area contributed by atoms with Crippen molar-refractivity contribution in [2.75, 3.05) is 19.6 Å². The molecule has 8 heteroatoms. The Morgan fingerprint density at radius 2 is 1.89 bits per heavy atom. The quantitative estimate of drug-likeness (QED) is 0.567. The smallest absolute Gasteiger partial charge is 0.308 e. The first-order chi connectivity index (χ1) is 17.0. The van der Waals surface area contributed by atoms with E-state index in [0.29, 0.717) is 19.6 Å². The van der Waals surface area contributed by atoms with Crippen LogP contribution in [-0.2, 0) is 22.7 Å². The van der Waals surface area contributed by atoms with E-state index < -0.39 is 11.9 Å². The van der Waals surface area contributed by atoms with Crippen LogP contribution in [0.4, 0.5) is 0 Å². The third-order valence-electron chi connectivity index (χ3n) is 7.20. The van der Waals surface area contributed by atoms with Crippen molar-refractivity contribution in [3.63, 3.8) is 0 Å². The highest BCUT2D eigenvalue weighted by Crippen LogP contribution is 2.34. The molecule has 5 rings (SSSR count). The van der Waals surface area contributed by atoms with Gasteiger partial charge in [-0.05, 0) is 37.4 Å². The monoisotopic (exact) mass is 473 g/mol. The molecule has 1 amide bonds. The molecule has 3 heterocycles. The van der Waals surface area contributed by atoms with Crippen LogP contribution in [0.5, 0.6) is 0 Å². The summed E-state index contributed by atoms with van der Waals surface area (Å²) in [5, 5.41) is 18.4. The van der Waals surface area contributed by atoms with Crippen molar-refractivity contribution in [2.24, 2.45) is 5.92 Å². The summed E-state index contributed by atoms with van der Waals surface area (Å²) in [5.41, 5.74) is 4.20. The third-order valence-corrected chi connectivity index (χ3v) is 7.20. The van der Waals surface area contributed by atoms with Crippen LogP contribution >= 0.6 is 0 Å². The van der Waals surface area contributed by atoms with E-state index in [4.69, 9.17) is 0 Å². The molecule has 0 unspecified atom stereocenters. The van der Waals surface area contributed by atoms with E-state index in [9.17, 15) is 14.7 Å². The number of rotatable bonds is 7. The van der Waals surface area contributed by atoms with Crippen LogP contribution in [0.2, 0.25) is 0 Å². The van der Waals surface area contributed by atoms with Gasteiger partial charge in [-0.1, -0.05) is 65.4 Å². The molecule has 0 radical (unpaired) electrons. The lowest BCUT2D eigenvalue weighted by molar-refractivity contribution is -0.142. The Morgan fingerprint density at radius 3 is 2.66 bits per heavy atom. The van der Waals surface area contributed by atoms with Gasteiger partial charge in [-0.3, -0.25) is 14.5 Å². The standard InChI is InChI=1S/C27H31N5O3/c1-19-7-5-8-20(13-19)14-32-16-22(28-29-32)15-30-12-6-11-25(30)26(33)31-17-23(24(18-31)27(34)35)21-9-3-2-4-10-21/h2-5,7-10,13,16,23-25H,6,11-12,14-15,17-18H2,1H3,(H,34,35)/t23-,24-,25-/m0/s1. The summed E-state index contributed by atoms with van der Waals surface area (Å²) in [7, 11) is 0. The summed E-state index contributed by atoms with van der Waals surface area (Å²) in [4.78, 5) is 29.4. The Bertz CT molecular complexity index is 1190. The number of amides is 1. The van der Waals surface area contributed by atoms with Crippen LogP contribution in [0, 0.1) is 12.8 Å². The average molecular weight is 474 g/mol. The molecule has 2 aromatic carbocycles. The minimum Gasteiger partial charge on any atom is -0.481 e. The van der Waals surface area contributed by atoms with Gasteiger partial charge in [0.2, 0.25) is 5.91 Å². The number of aromatic nitrogens is 3. The Morgan fingerprint density at radius 1 is 1.06 bits per heavy atom. The second-order valence-electron chi connectivity index (χ2n) is 9.73. The van der Waals surface area contributed by atoms with Gasteiger partial charge in [0.05, 0.1) is 30.4 Å². The molecule has 1 aromatic heterocycles. The number of hydrogen-bond acceptors (Lipinski definition) is 5. The summed E-state index contributed by atoms with van der Waals surface area (Å²) in [6.07, 6.45) is 3.66. The van der Waals surface area contributed by atoms with Crippen molar-refractivity contribution in [1.82, 2.24) is 24.8 Å². The fourth-order valence-electron chi connectivity index (χ4n) is 5.47. The summed E-state index contributed by atoms with van der Waals surface area (Å²) in [5.74, 6) is -1.59. The van der Waals surface area contributed by atoms with Gasteiger partial charge in [0.15, 0.2) is 0 Å². The fourth-order valence-corrected chi connectivity index (χ4v) is 5.47. The topological polar surface area (TPSA) is 91.6 Å². The first kappa shape index (κ1) is 23.2. The van der Waals surface area contributed by atoms with E-state index in [-0.39, 0.29) is 24.4 Å². The van der Waals surface area contributed by atoms with Gasteiger partial charge in [-0.2, -0.15) is 0 Å². The Kier molecular flexibility index (Phi) is 6.63. The molecule has 3 atom stereocenters. The number of aliphatic carboxylic acids is 1. The normalized spacial score (nSPS) is 22.5. The second-order valence-corrected chi connectivity index (χ2v) is 9.73. The second kappa shape index (κ2) is 10.00. The highest BCUT2D eigenvalue weighted by molar-refractivity contribution is 5.84. The number of nitrogens with zero attached hydrogens (tertiary/aromatic N) is 5. The highest BCUT2D eigenvalue weighted by atomic mass is 16.4. The maximum absolute atomic E-state index is 13.5. The molecule has 2 aliphatic rings. The van der Waals surface area contributed by atoms with E-state index in [1.165, 1.54) is 11.1 Å². The van der Waals surface area contributed by atoms with Gasteiger partial charge >= 0.3 is 5.97 Å². The molecule has 2 fully saturated rings. The van der Waals surface area contributed by atoms with Gasteiger partial charge in [0.25, 0.3) is 0 Å². The number of likely N-dealkylation sites (tertiary alicyclic amines) is 2. The van der Waals surface area contributed by atoms with Gasteiger partial charge in [-0.15, -0.1) is 5.10 Å². The molecule has 0 bridgehead atoms. The highest BCUT2D eigenvalue weighted by Gasteiger charge is 2.43. The van der Waals surface area contributed by atoms with E-state index in [2.05, 4.69) is 40.3 Å². The SMILES string of the molecule is Cc1cccc(Cn2cc(CN3CCC[C@H]3C(=O)N3C[C@H](C(=O)O)[C@H](c4ccccc4)C3)nn2)c1. The Balaban J connectivity index is 1.25. The van der Waals surface area contributed by atoms with Crippen molar-refractivity contribution in [3.05, 3.63) is 83.2 Å². The van der Waals surface area contributed by atoms with Crippen LogP contribution in [0.25, 0.3) is 0 Å². The molecule has 0 spiro atoms. The summed E-state index contributed by atoms with van der Waals surface area (Å²) in [6.45, 7) is 4.80. The predicted molar refractivity (Wildman–Crippen MR) is 131 cm³/mol. The molecular weight excluding hydrogens is 442 g/mol. The Hall–Kier alpha value is -3.52. The first-order valence-electron chi connectivity index (χ1n) is 12.2. The molecule has 1 N–H and O–H groups in total. The maximum Gasteiger partial charge on any atom is 0.308 e. The molecule has 182 valence electrons. The lowest BCUT2D eigenvalue weighted by atomic mass is 9.89. The van der Waals surface area contributed by atoms with Crippen LogP contribution in [0.15, 0.2) is 60.8 Å². The van der Waals surface area contributed by atoms with Crippen LogP contribution in [0.3, 0.4) is 0 Å². The molecule has 35 heavy (non-hydrogen) atoms. The third kappa shape index (κ3) is 5.12. The van der Waals surface area contributed by atoms with Gasteiger partial charge in [-0.25, -0.2) is 4.68 Å². The maximum atomic E-state index is 13.5. The van der Waals surface area contributed by atoms with E-state index in [0.717, 1.165) is 30.6 Å². The largest absolute Gasteiger partial charge is 0.481 e. The predicted octanol–water partition coefficient (Wildman–Crippen LogP) is 2.93. The van der Waals surface area contributed by atoms with Gasteiger partial charge < -0.3 is 10.0 Å². The number of carboxylic acid groups (broad SMARTS) is 1. The zero-order chi connectivity index (χ0) is 24.4. The van der Waals surface area contributed by atoms with Crippen molar-refractivity contribution in [1.29, 1.82) is 0 Å². The van der Waals surface area contributed by atoms with E-state index in [1.807, 2.05) is 47.3 Å². The molecular formula is C27H31N5O3. The van der Waals surface area contributed by atoms with Gasteiger partial charge in [0, 0.05) is 25.6 Å². The van der Waals surface area contributed by atoms with Gasteiger partial charge in [0.1, 0.15) is 0 Å². The number of aryl methyl sites for hydroxylation is 1. The van der Waals surface area contributed by atoms with E-state index in [1.54, 1.807) is 4.90 Å². The van der Waals surface area contributed by atoms with Crippen molar-refractivity contribution in [2.45, 2.75) is 44.8 Å². The van der Waals surface area contributed by atoms with Crippen molar-refractivity contribution >= 4 is 11.9 Å². The molecule has 3 aromatic rings. The van der Waals surface area contributed by atoms with E-state index >= 15 is 0 Å². The minimum absolute atomic E-state index is 0.0272. The lowest BCUT2D eigenvalue weighted by Gasteiger charge is -2.27. The Labute approximate surface area is 205 Å². The van der Waals surface area contributed by atoms with Crippen LogP contribution in [0.1, 0.15) is 41.1 Å². The number of carboxylic acids is 1. The summed E-state index contributed by atoms with van der Waals surface area (Å²) in [6, 6.07) is 17.7. The summed E-state index contributed by atoms with van der Waals surface area (Å²) < 4.78 is 1.83. The first-order valence-corrected chi connectivity index (χ1v) is 12.2. The fraction of sp³-hybridized carbons (Fsp3) is 0.407. The number of carbonyl (C=O) groups excluding carboxylic acids is 1. The van der Waals surface area contributed by atoms with Crippen molar-refractivity contribution in [3.8, 4) is 0 Å². The van der Waals surface area contributed by atoms with Crippen LogP contribution in [-0.4, -0.2) is 67.5 Å². The zero-order valence-electron chi connectivity index (χ0n) is 20.0.